The zero-order valence-corrected chi connectivity index (χ0v) is 14.4. The van der Waals surface area contributed by atoms with Crippen LogP contribution in [0.1, 0.15) is 39.5 Å². The van der Waals surface area contributed by atoms with Crippen LogP contribution in [0.3, 0.4) is 0 Å². The molecule has 0 amide bonds. The lowest BCUT2D eigenvalue weighted by Gasteiger charge is -2.21. The van der Waals surface area contributed by atoms with Crippen molar-refractivity contribution >= 4 is 27.5 Å². The van der Waals surface area contributed by atoms with Crippen LogP contribution in [0.4, 0.5) is 0 Å². The fraction of sp³-hybridized carbons (Fsp3) is 0.294. The van der Waals surface area contributed by atoms with Gasteiger partial charge in [-0.05, 0) is 73.7 Å². The fourth-order valence-corrected chi connectivity index (χ4v) is 3.14. The average Bonchev–Trinajstić information content (AvgIpc) is 2.39. The van der Waals surface area contributed by atoms with Gasteiger partial charge in [-0.2, -0.15) is 0 Å². The molecule has 0 aliphatic heterocycles. The molecule has 0 aliphatic rings. The molecule has 0 bridgehead atoms. The van der Waals surface area contributed by atoms with Crippen LogP contribution in [-0.2, 0) is 0 Å². The maximum absolute atomic E-state index is 10.8. The number of rotatable bonds is 2. The first kappa shape index (κ1) is 15.6. The SMILES string of the molecule is Cc1cc(C)c(C)c(C(O)c2cc(Br)ccc2Cl)c1C. The molecule has 0 saturated carbocycles. The molecule has 1 N–H and O–H groups in total. The van der Waals surface area contributed by atoms with Gasteiger partial charge in [-0.15, -0.1) is 0 Å². The van der Waals surface area contributed by atoms with E-state index in [1.807, 2.05) is 26.0 Å². The van der Waals surface area contributed by atoms with Crippen molar-refractivity contribution in [3.63, 3.8) is 0 Å². The summed E-state index contributed by atoms with van der Waals surface area (Å²) in [7, 11) is 0. The normalized spacial score (nSPS) is 12.6. The minimum absolute atomic E-state index is 0.582. The monoisotopic (exact) mass is 352 g/mol. The van der Waals surface area contributed by atoms with Crippen molar-refractivity contribution in [2.75, 3.05) is 0 Å². The summed E-state index contributed by atoms with van der Waals surface area (Å²) in [5.41, 5.74) is 6.31. The zero-order valence-electron chi connectivity index (χ0n) is 12.1. The Bertz CT molecular complexity index is 638. The standard InChI is InChI=1S/C17H18BrClO/c1-9-7-10(2)12(4)16(11(9)3)17(20)14-8-13(18)5-6-15(14)19/h5-8,17,20H,1-4H3. The Labute approximate surface area is 133 Å². The predicted molar refractivity (Wildman–Crippen MR) is 88.6 cm³/mol. The molecular weight excluding hydrogens is 336 g/mol. The average molecular weight is 354 g/mol. The Kier molecular flexibility index (Phi) is 4.58. The van der Waals surface area contributed by atoms with Gasteiger partial charge in [-0.3, -0.25) is 0 Å². The maximum atomic E-state index is 10.8. The van der Waals surface area contributed by atoms with E-state index in [0.29, 0.717) is 5.02 Å². The lowest BCUT2D eigenvalue weighted by Crippen LogP contribution is -2.08. The predicted octanol–water partition coefficient (Wildman–Crippen LogP) is 5.42. The van der Waals surface area contributed by atoms with Gasteiger partial charge in [0.15, 0.2) is 0 Å². The van der Waals surface area contributed by atoms with Gasteiger partial charge >= 0.3 is 0 Å². The Morgan fingerprint density at radius 3 is 2.10 bits per heavy atom. The second-order valence-corrected chi connectivity index (χ2v) is 6.57. The van der Waals surface area contributed by atoms with Gasteiger partial charge in [0.25, 0.3) is 0 Å². The highest BCUT2D eigenvalue weighted by molar-refractivity contribution is 9.10. The number of hydrogen-bond donors (Lipinski definition) is 1. The molecule has 0 saturated heterocycles. The van der Waals surface area contributed by atoms with Gasteiger partial charge in [0.1, 0.15) is 6.10 Å². The zero-order chi connectivity index (χ0) is 15.0. The van der Waals surface area contributed by atoms with Crippen molar-refractivity contribution < 1.29 is 5.11 Å². The van der Waals surface area contributed by atoms with E-state index in [1.54, 1.807) is 6.07 Å². The molecule has 2 rings (SSSR count). The van der Waals surface area contributed by atoms with E-state index in [4.69, 9.17) is 11.6 Å². The lowest BCUT2D eigenvalue weighted by atomic mass is 9.88. The van der Waals surface area contributed by atoms with E-state index in [0.717, 1.165) is 26.7 Å². The Morgan fingerprint density at radius 1 is 1.00 bits per heavy atom. The van der Waals surface area contributed by atoms with Crippen LogP contribution in [0, 0.1) is 27.7 Å². The highest BCUT2D eigenvalue weighted by Gasteiger charge is 2.20. The summed E-state index contributed by atoms with van der Waals surface area (Å²) >= 11 is 9.68. The molecule has 2 aromatic carbocycles. The minimum atomic E-state index is -0.710. The van der Waals surface area contributed by atoms with Crippen LogP contribution < -0.4 is 0 Å². The largest absolute Gasteiger partial charge is 0.384 e. The number of aliphatic hydroxyl groups is 1. The van der Waals surface area contributed by atoms with E-state index < -0.39 is 6.10 Å². The highest BCUT2D eigenvalue weighted by Crippen LogP contribution is 2.35. The van der Waals surface area contributed by atoms with E-state index >= 15 is 0 Å². The van der Waals surface area contributed by atoms with Crippen molar-refractivity contribution in [3.05, 3.63) is 67.1 Å². The van der Waals surface area contributed by atoms with Crippen LogP contribution in [0.2, 0.25) is 5.02 Å². The molecule has 0 fully saturated rings. The Morgan fingerprint density at radius 2 is 1.55 bits per heavy atom. The van der Waals surface area contributed by atoms with Gasteiger partial charge in [0.2, 0.25) is 0 Å². The summed E-state index contributed by atoms with van der Waals surface area (Å²) in [4.78, 5) is 0. The molecule has 1 nitrogen and oxygen atoms in total. The smallest absolute Gasteiger partial charge is 0.106 e. The minimum Gasteiger partial charge on any atom is -0.384 e. The summed E-state index contributed by atoms with van der Waals surface area (Å²) in [6.45, 7) is 8.24. The number of aryl methyl sites for hydroxylation is 2. The van der Waals surface area contributed by atoms with Crippen LogP contribution in [0.5, 0.6) is 0 Å². The van der Waals surface area contributed by atoms with Gasteiger partial charge in [-0.1, -0.05) is 33.6 Å². The molecule has 0 aromatic heterocycles. The number of aliphatic hydroxyl groups excluding tert-OH is 1. The molecule has 0 aliphatic carbocycles. The second kappa shape index (κ2) is 5.88. The molecule has 1 atom stereocenters. The van der Waals surface area contributed by atoms with Gasteiger partial charge in [0.05, 0.1) is 0 Å². The molecule has 0 spiro atoms. The third-order valence-corrected chi connectivity index (χ3v) is 4.79. The summed E-state index contributed by atoms with van der Waals surface area (Å²) in [5.74, 6) is 0. The van der Waals surface area contributed by atoms with E-state index in [1.165, 1.54) is 11.1 Å². The first-order valence-corrected chi connectivity index (χ1v) is 7.70. The molecule has 3 heteroatoms. The molecule has 20 heavy (non-hydrogen) atoms. The van der Waals surface area contributed by atoms with Crippen LogP contribution in [0.15, 0.2) is 28.7 Å². The summed E-state index contributed by atoms with van der Waals surface area (Å²) in [5, 5.41) is 11.4. The van der Waals surface area contributed by atoms with E-state index in [9.17, 15) is 5.11 Å². The lowest BCUT2D eigenvalue weighted by molar-refractivity contribution is 0.218. The molecule has 2 aromatic rings. The maximum Gasteiger partial charge on any atom is 0.106 e. The van der Waals surface area contributed by atoms with Crippen molar-refractivity contribution in [3.8, 4) is 0 Å². The number of benzene rings is 2. The van der Waals surface area contributed by atoms with E-state index in [-0.39, 0.29) is 0 Å². The first-order chi connectivity index (χ1) is 9.32. The van der Waals surface area contributed by atoms with Crippen LogP contribution >= 0.6 is 27.5 Å². The Balaban J connectivity index is 2.65. The Hall–Kier alpha value is -0.830. The van der Waals surface area contributed by atoms with Gasteiger partial charge < -0.3 is 5.11 Å². The van der Waals surface area contributed by atoms with Crippen LogP contribution in [0.25, 0.3) is 0 Å². The molecule has 1 unspecified atom stereocenters. The van der Waals surface area contributed by atoms with Crippen molar-refractivity contribution in [1.29, 1.82) is 0 Å². The topological polar surface area (TPSA) is 20.2 Å². The summed E-state index contributed by atoms with van der Waals surface area (Å²) < 4.78 is 0.913. The number of halogens is 2. The van der Waals surface area contributed by atoms with Gasteiger partial charge in [-0.25, -0.2) is 0 Å². The van der Waals surface area contributed by atoms with Gasteiger partial charge in [0, 0.05) is 15.1 Å². The third-order valence-electron chi connectivity index (χ3n) is 3.95. The molecular formula is C17H18BrClO. The van der Waals surface area contributed by atoms with Crippen molar-refractivity contribution in [2.45, 2.75) is 33.8 Å². The highest BCUT2D eigenvalue weighted by atomic mass is 79.9. The first-order valence-electron chi connectivity index (χ1n) is 6.53. The fourth-order valence-electron chi connectivity index (χ4n) is 2.54. The quantitative estimate of drug-likeness (QED) is 0.764. The van der Waals surface area contributed by atoms with Crippen molar-refractivity contribution in [2.24, 2.45) is 0 Å². The van der Waals surface area contributed by atoms with Crippen LogP contribution in [-0.4, -0.2) is 5.11 Å². The second-order valence-electron chi connectivity index (χ2n) is 5.24. The van der Waals surface area contributed by atoms with E-state index in [2.05, 4.69) is 35.8 Å². The summed E-state index contributed by atoms with van der Waals surface area (Å²) in [6, 6.07) is 7.71. The molecule has 0 heterocycles. The van der Waals surface area contributed by atoms with Crippen molar-refractivity contribution in [1.82, 2.24) is 0 Å². The third kappa shape index (κ3) is 2.78. The molecule has 106 valence electrons. The summed E-state index contributed by atoms with van der Waals surface area (Å²) in [6.07, 6.45) is -0.710. The molecule has 0 radical (unpaired) electrons. The number of hydrogen-bond acceptors (Lipinski definition) is 1.